The van der Waals surface area contributed by atoms with Crippen molar-refractivity contribution in [2.75, 3.05) is 24.5 Å². The second-order valence-electron chi connectivity index (χ2n) is 6.76. The zero-order chi connectivity index (χ0) is 22.2. The van der Waals surface area contributed by atoms with Gasteiger partial charge in [0.05, 0.1) is 30.7 Å². The van der Waals surface area contributed by atoms with Crippen molar-refractivity contribution in [1.29, 1.82) is 5.41 Å². The van der Waals surface area contributed by atoms with Gasteiger partial charge in [-0.15, -0.1) is 0 Å². The molecule has 0 radical (unpaired) electrons. The minimum Gasteiger partial charge on any atom is -0.465 e. The van der Waals surface area contributed by atoms with Crippen molar-refractivity contribution in [3.63, 3.8) is 0 Å². The van der Waals surface area contributed by atoms with E-state index in [0.717, 1.165) is 16.7 Å². The zero-order valence-electron chi connectivity index (χ0n) is 17.6. The highest BCUT2D eigenvalue weighted by Crippen LogP contribution is 2.28. The highest BCUT2D eigenvalue weighted by molar-refractivity contribution is 6.01. The first kappa shape index (κ1) is 21.9. The van der Waals surface area contributed by atoms with Crippen LogP contribution in [0.3, 0.4) is 0 Å². The van der Waals surface area contributed by atoms with Gasteiger partial charge in [-0.3, -0.25) is 15.7 Å². The van der Waals surface area contributed by atoms with Crippen molar-refractivity contribution < 1.29 is 14.4 Å². The van der Waals surface area contributed by atoms with E-state index in [1.165, 1.54) is 7.11 Å². The predicted molar refractivity (Wildman–Crippen MR) is 123 cm³/mol. The molecule has 3 aromatic carbocycles. The quantitative estimate of drug-likeness (QED) is 0.177. The molecule has 0 aromatic heterocycles. The molecule has 0 fully saturated rings. The fourth-order valence-electron chi connectivity index (χ4n) is 3.22. The Morgan fingerprint density at radius 2 is 1.71 bits per heavy atom. The Balaban J connectivity index is 1.82. The van der Waals surface area contributed by atoms with E-state index in [0.29, 0.717) is 35.7 Å². The molecule has 0 aliphatic heterocycles. The molecule has 0 aliphatic rings. The van der Waals surface area contributed by atoms with Gasteiger partial charge in [0.1, 0.15) is 5.84 Å². The lowest BCUT2D eigenvalue weighted by Crippen LogP contribution is -2.12. The summed E-state index contributed by atoms with van der Waals surface area (Å²) in [5.41, 5.74) is 13.9. The molecule has 160 valence electrons. The van der Waals surface area contributed by atoms with E-state index in [9.17, 15) is 4.79 Å². The monoisotopic (exact) mass is 418 g/mol. The highest BCUT2D eigenvalue weighted by atomic mass is 16.6. The standard InChI is InChI=1S/C24H26N4O3/c1-3-31-28-21-10-6-9-20(24(29)30-2)22(21)27-15-16-11-13-17(14-12-16)18-7-4-5-8-19(18)23(25)26/h4-14,27-28H,3,15H2,1-2H3,(H3,25,26). The maximum atomic E-state index is 12.2. The Labute approximate surface area is 181 Å². The van der Waals surface area contributed by atoms with Gasteiger partial charge in [-0.1, -0.05) is 54.6 Å². The number of benzene rings is 3. The van der Waals surface area contributed by atoms with Crippen LogP contribution in [0.5, 0.6) is 0 Å². The highest BCUT2D eigenvalue weighted by Gasteiger charge is 2.15. The number of rotatable bonds is 9. The SMILES string of the molecule is CCONc1cccc(C(=O)OC)c1NCc1ccc(-c2ccccc2C(=N)N)cc1. The lowest BCUT2D eigenvalue weighted by atomic mass is 9.98. The molecule has 7 nitrogen and oxygen atoms in total. The third-order valence-corrected chi connectivity index (χ3v) is 4.75. The van der Waals surface area contributed by atoms with Gasteiger partial charge in [0, 0.05) is 12.1 Å². The summed E-state index contributed by atoms with van der Waals surface area (Å²) >= 11 is 0. The second kappa shape index (κ2) is 10.3. The average molecular weight is 418 g/mol. The first-order valence-electron chi connectivity index (χ1n) is 9.90. The number of para-hydroxylation sites is 1. The number of carbonyl (C=O) groups excluding carboxylic acids is 1. The van der Waals surface area contributed by atoms with Gasteiger partial charge in [0.2, 0.25) is 0 Å². The molecule has 5 N–H and O–H groups in total. The van der Waals surface area contributed by atoms with Gasteiger partial charge in [-0.25, -0.2) is 4.79 Å². The first-order chi connectivity index (χ1) is 15.0. The second-order valence-corrected chi connectivity index (χ2v) is 6.76. The number of methoxy groups -OCH3 is 1. The van der Waals surface area contributed by atoms with Crippen molar-refractivity contribution in [2.45, 2.75) is 13.5 Å². The van der Waals surface area contributed by atoms with Crippen LogP contribution in [-0.4, -0.2) is 25.5 Å². The molecule has 31 heavy (non-hydrogen) atoms. The van der Waals surface area contributed by atoms with Crippen LogP contribution < -0.4 is 16.5 Å². The van der Waals surface area contributed by atoms with Crippen molar-refractivity contribution in [1.82, 2.24) is 0 Å². The zero-order valence-corrected chi connectivity index (χ0v) is 17.6. The number of nitrogen functional groups attached to an aromatic ring is 1. The van der Waals surface area contributed by atoms with Gasteiger partial charge in [0.25, 0.3) is 0 Å². The number of esters is 1. The molecule has 0 heterocycles. The Morgan fingerprint density at radius 3 is 2.39 bits per heavy atom. The number of anilines is 2. The summed E-state index contributed by atoms with van der Waals surface area (Å²) in [6.07, 6.45) is 0. The third kappa shape index (κ3) is 5.21. The summed E-state index contributed by atoms with van der Waals surface area (Å²) < 4.78 is 4.91. The number of amidine groups is 1. The van der Waals surface area contributed by atoms with Crippen LogP contribution in [0, 0.1) is 5.41 Å². The Bertz CT molecular complexity index is 1060. The fraction of sp³-hybridized carbons (Fsp3) is 0.167. The van der Waals surface area contributed by atoms with E-state index >= 15 is 0 Å². The van der Waals surface area contributed by atoms with Crippen LogP contribution in [0.25, 0.3) is 11.1 Å². The van der Waals surface area contributed by atoms with Gasteiger partial charge < -0.3 is 15.8 Å². The molecule has 0 atom stereocenters. The number of ether oxygens (including phenoxy) is 1. The minimum atomic E-state index is -0.432. The summed E-state index contributed by atoms with van der Waals surface area (Å²) in [4.78, 5) is 17.5. The van der Waals surface area contributed by atoms with Crippen LogP contribution in [0.4, 0.5) is 11.4 Å². The van der Waals surface area contributed by atoms with Crippen molar-refractivity contribution in [3.8, 4) is 11.1 Å². The van der Waals surface area contributed by atoms with E-state index in [4.69, 9.17) is 20.7 Å². The van der Waals surface area contributed by atoms with Crippen LogP contribution >= 0.6 is 0 Å². The topological polar surface area (TPSA) is 109 Å². The maximum Gasteiger partial charge on any atom is 0.340 e. The summed E-state index contributed by atoms with van der Waals surface area (Å²) in [6, 6.07) is 20.8. The van der Waals surface area contributed by atoms with E-state index in [1.807, 2.05) is 61.5 Å². The lowest BCUT2D eigenvalue weighted by Gasteiger charge is -2.17. The molecule has 0 aliphatic carbocycles. The number of carbonyl (C=O) groups is 1. The molecule has 0 unspecified atom stereocenters. The van der Waals surface area contributed by atoms with E-state index in [-0.39, 0.29) is 5.84 Å². The number of nitrogens with one attached hydrogen (secondary N) is 3. The molecule has 7 heteroatoms. The van der Waals surface area contributed by atoms with Gasteiger partial charge >= 0.3 is 5.97 Å². The molecule has 0 spiro atoms. The fourth-order valence-corrected chi connectivity index (χ4v) is 3.22. The largest absolute Gasteiger partial charge is 0.465 e. The van der Waals surface area contributed by atoms with Crippen molar-refractivity contribution >= 4 is 23.2 Å². The minimum absolute atomic E-state index is 0.0371. The molecule has 0 saturated carbocycles. The van der Waals surface area contributed by atoms with Gasteiger partial charge in [-0.05, 0) is 35.7 Å². The smallest absolute Gasteiger partial charge is 0.340 e. The van der Waals surface area contributed by atoms with E-state index in [1.54, 1.807) is 12.1 Å². The van der Waals surface area contributed by atoms with E-state index < -0.39 is 5.97 Å². The summed E-state index contributed by atoms with van der Waals surface area (Å²) in [7, 11) is 1.35. The van der Waals surface area contributed by atoms with Crippen molar-refractivity contribution in [2.24, 2.45) is 5.73 Å². The van der Waals surface area contributed by atoms with Crippen LogP contribution in [0.15, 0.2) is 66.7 Å². The summed E-state index contributed by atoms with van der Waals surface area (Å²) in [6.45, 7) is 2.84. The molecular weight excluding hydrogens is 392 g/mol. The van der Waals surface area contributed by atoms with Crippen molar-refractivity contribution in [3.05, 3.63) is 83.4 Å². The Kier molecular flexibility index (Phi) is 7.24. The van der Waals surface area contributed by atoms with Gasteiger partial charge in [0.15, 0.2) is 0 Å². The third-order valence-electron chi connectivity index (χ3n) is 4.75. The van der Waals surface area contributed by atoms with Crippen LogP contribution in [-0.2, 0) is 16.1 Å². The Hall–Kier alpha value is -3.84. The molecule has 3 aromatic rings. The summed E-state index contributed by atoms with van der Waals surface area (Å²) in [5, 5.41) is 11.1. The number of nitrogens with two attached hydrogens (primary N) is 1. The first-order valence-corrected chi connectivity index (χ1v) is 9.90. The summed E-state index contributed by atoms with van der Waals surface area (Å²) in [5.74, 6) is -0.395. The van der Waals surface area contributed by atoms with Gasteiger partial charge in [-0.2, -0.15) is 0 Å². The number of hydrogen-bond acceptors (Lipinski definition) is 6. The van der Waals surface area contributed by atoms with Crippen LogP contribution in [0.1, 0.15) is 28.4 Å². The number of hydrogen-bond donors (Lipinski definition) is 4. The normalized spacial score (nSPS) is 10.4. The molecule has 0 amide bonds. The van der Waals surface area contributed by atoms with E-state index in [2.05, 4.69) is 10.8 Å². The molecule has 0 bridgehead atoms. The van der Waals surface area contributed by atoms with Crippen LogP contribution in [0.2, 0.25) is 0 Å². The molecular formula is C24H26N4O3. The lowest BCUT2D eigenvalue weighted by molar-refractivity contribution is 0.0602. The predicted octanol–water partition coefficient (Wildman–Crippen LogP) is 4.40. The Morgan fingerprint density at radius 1 is 1.00 bits per heavy atom. The average Bonchev–Trinajstić information content (AvgIpc) is 2.81. The molecule has 0 saturated heterocycles. The maximum absolute atomic E-state index is 12.2. The molecule has 3 rings (SSSR count).